The summed E-state index contributed by atoms with van der Waals surface area (Å²) in [5, 5.41) is -0.849. The molecule has 0 N–H and O–H groups in total. The lowest BCUT2D eigenvalue weighted by molar-refractivity contribution is 0.266. The summed E-state index contributed by atoms with van der Waals surface area (Å²) in [5.41, 5.74) is 1.35. The van der Waals surface area contributed by atoms with Gasteiger partial charge in [0.15, 0.2) is 0 Å². The molecule has 0 saturated heterocycles. The van der Waals surface area contributed by atoms with Crippen LogP contribution in [0.5, 0.6) is 0 Å². The van der Waals surface area contributed by atoms with Gasteiger partial charge in [-0.2, -0.15) is 4.39 Å². The Morgan fingerprint density at radius 2 is 1.87 bits per heavy atom. The summed E-state index contributed by atoms with van der Waals surface area (Å²) in [6.45, 7) is 0.393. The average molecular weight is 226 g/mol. The second-order valence-corrected chi connectivity index (χ2v) is 3.70. The van der Waals surface area contributed by atoms with Gasteiger partial charge < -0.3 is 4.74 Å². The number of benzene rings is 1. The smallest absolute Gasteiger partial charge is 0.342 e. The van der Waals surface area contributed by atoms with Crippen LogP contribution in [-0.4, -0.2) is 11.9 Å². The molecular weight excluding hydrogens is 211 g/mol. The lowest BCUT2D eigenvalue weighted by atomic mass is 10.1. The Hall–Kier alpha value is -0.960. The Labute approximate surface area is 95.3 Å². The number of rotatable bonds is 6. The molecule has 1 aromatic carbocycles. The fourth-order valence-electron chi connectivity index (χ4n) is 1.41. The number of halogens is 1. The molecule has 0 atom stereocenters. The lowest BCUT2D eigenvalue weighted by Crippen LogP contribution is -1.97. The van der Waals surface area contributed by atoms with Crippen LogP contribution in [0.1, 0.15) is 24.8 Å². The van der Waals surface area contributed by atoms with E-state index in [-0.39, 0.29) is 0 Å². The zero-order valence-electron chi connectivity index (χ0n) is 8.62. The third-order valence-electron chi connectivity index (χ3n) is 2.17. The Bertz CT molecular complexity index is 287. The van der Waals surface area contributed by atoms with Gasteiger partial charge in [0.1, 0.15) is 0 Å². The van der Waals surface area contributed by atoms with E-state index in [2.05, 4.69) is 29.1 Å². The Morgan fingerprint density at radius 1 is 1.13 bits per heavy atom. The van der Waals surface area contributed by atoms with Crippen molar-refractivity contribution in [3.05, 3.63) is 35.9 Å². The maximum absolute atomic E-state index is 12.0. The summed E-state index contributed by atoms with van der Waals surface area (Å²) in [4.78, 5) is 0. The Morgan fingerprint density at radius 3 is 2.53 bits per heavy atom. The molecule has 0 spiro atoms. The average Bonchev–Trinajstić information content (AvgIpc) is 2.24. The predicted octanol–water partition coefficient (Wildman–Crippen LogP) is 3.67. The van der Waals surface area contributed by atoms with Gasteiger partial charge in [0, 0.05) is 0 Å². The Balaban J connectivity index is 2.00. The zero-order chi connectivity index (χ0) is 10.9. The van der Waals surface area contributed by atoms with Gasteiger partial charge in [-0.25, -0.2) is 0 Å². The second kappa shape index (κ2) is 7.35. The van der Waals surface area contributed by atoms with Gasteiger partial charge >= 0.3 is 5.30 Å². The second-order valence-electron chi connectivity index (χ2n) is 3.38. The van der Waals surface area contributed by atoms with Crippen molar-refractivity contribution in [2.75, 3.05) is 6.61 Å². The number of thiocarbonyl (C=S) groups is 1. The summed E-state index contributed by atoms with van der Waals surface area (Å²) in [6.07, 6.45) is 4.07. The summed E-state index contributed by atoms with van der Waals surface area (Å²) in [6, 6.07) is 10.3. The van der Waals surface area contributed by atoms with Crippen LogP contribution in [0.2, 0.25) is 0 Å². The molecule has 0 aliphatic carbocycles. The minimum atomic E-state index is -0.849. The van der Waals surface area contributed by atoms with Crippen LogP contribution in [0, 0.1) is 0 Å². The van der Waals surface area contributed by atoms with Crippen molar-refractivity contribution in [2.24, 2.45) is 0 Å². The molecule has 0 radical (unpaired) electrons. The molecule has 0 unspecified atom stereocenters. The molecule has 1 nitrogen and oxygen atoms in total. The first kappa shape index (κ1) is 12.1. The SMILES string of the molecule is FC(=S)OCCCCCc1ccccc1. The number of ether oxygens (including phenoxy) is 1. The van der Waals surface area contributed by atoms with Crippen LogP contribution in [0.25, 0.3) is 0 Å². The predicted molar refractivity (Wildman–Crippen MR) is 63.7 cm³/mol. The summed E-state index contributed by atoms with van der Waals surface area (Å²) in [7, 11) is 0. The molecule has 82 valence electrons. The van der Waals surface area contributed by atoms with Gasteiger partial charge in [-0.05, 0) is 43.5 Å². The molecule has 0 heterocycles. The first-order valence-corrected chi connectivity index (χ1v) is 5.56. The minimum absolute atomic E-state index is 0.393. The van der Waals surface area contributed by atoms with Crippen molar-refractivity contribution in [3.63, 3.8) is 0 Å². The van der Waals surface area contributed by atoms with Gasteiger partial charge in [0.2, 0.25) is 0 Å². The fourth-order valence-corrected chi connectivity index (χ4v) is 1.49. The molecular formula is C12H15FOS. The van der Waals surface area contributed by atoms with Crippen molar-refractivity contribution in [1.29, 1.82) is 0 Å². The molecule has 0 aliphatic heterocycles. The van der Waals surface area contributed by atoms with E-state index in [0.29, 0.717) is 6.61 Å². The first-order chi connectivity index (χ1) is 7.29. The molecule has 3 heteroatoms. The number of unbranched alkanes of at least 4 members (excludes halogenated alkanes) is 2. The van der Waals surface area contributed by atoms with Gasteiger partial charge in [-0.1, -0.05) is 30.3 Å². The van der Waals surface area contributed by atoms with Crippen LogP contribution in [0.15, 0.2) is 30.3 Å². The Kier molecular flexibility index (Phi) is 5.93. The van der Waals surface area contributed by atoms with Crippen LogP contribution >= 0.6 is 12.2 Å². The van der Waals surface area contributed by atoms with E-state index < -0.39 is 5.30 Å². The lowest BCUT2D eigenvalue weighted by Gasteiger charge is -2.02. The van der Waals surface area contributed by atoms with Crippen molar-refractivity contribution >= 4 is 17.5 Å². The fraction of sp³-hybridized carbons (Fsp3) is 0.417. The molecule has 0 fully saturated rings. The highest BCUT2D eigenvalue weighted by atomic mass is 32.1. The van der Waals surface area contributed by atoms with Crippen LogP contribution in [0.3, 0.4) is 0 Å². The van der Waals surface area contributed by atoms with Crippen molar-refractivity contribution in [1.82, 2.24) is 0 Å². The summed E-state index contributed by atoms with van der Waals surface area (Å²) < 4.78 is 16.5. The molecule has 1 rings (SSSR count). The third kappa shape index (κ3) is 6.18. The number of aryl methyl sites for hydroxylation is 1. The van der Waals surface area contributed by atoms with Crippen molar-refractivity contribution in [3.8, 4) is 0 Å². The normalized spacial score (nSPS) is 9.93. The summed E-state index contributed by atoms with van der Waals surface area (Å²) >= 11 is 4.16. The highest BCUT2D eigenvalue weighted by Gasteiger charge is 1.95. The third-order valence-corrected chi connectivity index (χ3v) is 2.29. The largest absolute Gasteiger partial charge is 0.463 e. The molecule has 0 aliphatic rings. The molecule has 1 aromatic rings. The number of hydrogen-bond donors (Lipinski definition) is 0. The van der Waals surface area contributed by atoms with Gasteiger partial charge in [0.05, 0.1) is 6.61 Å². The van der Waals surface area contributed by atoms with Crippen LogP contribution in [-0.2, 0) is 11.2 Å². The van der Waals surface area contributed by atoms with E-state index in [1.54, 1.807) is 0 Å². The monoisotopic (exact) mass is 226 g/mol. The van der Waals surface area contributed by atoms with E-state index in [0.717, 1.165) is 25.7 Å². The minimum Gasteiger partial charge on any atom is -0.463 e. The van der Waals surface area contributed by atoms with Gasteiger partial charge in [0.25, 0.3) is 0 Å². The van der Waals surface area contributed by atoms with E-state index in [4.69, 9.17) is 0 Å². The molecule has 15 heavy (non-hydrogen) atoms. The summed E-state index contributed by atoms with van der Waals surface area (Å²) in [5.74, 6) is 0. The molecule has 0 aromatic heterocycles. The van der Waals surface area contributed by atoms with E-state index in [1.807, 2.05) is 18.2 Å². The highest BCUT2D eigenvalue weighted by Crippen LogP contribution is 2.06. The number of hydrogen-bond acceptors (Lipinski definition) is 2. The van der Waals surface area contributed by atoms with Crippen LogP contribution in [0.4, 0.5) is 4.39 Å². The standard InChI is InChI=1S/C12H15FOS/c13-12(15)14-10-6-2-5-9-11-7-3-1-4-8-11/h1,3-4,7-8H,2,5-6,9-10H2. The van der Waals surface area contributed by atoms with Gasteiger partial charge in [-0.3, -0.25) is 0 Å². The van der Waals surface area contributed by atoms with E-state index >= 15 is 0 Å². The van der Waals surface area contributed by atoms with Crippen molar-refractivity contribution < 1.29 is 9.13 Å². The topological polar surface area (TPSA) is 9.23 Å². The molecule has 0 saturated carbocycles. The molecule has 0 amide bonds. The molecule has 0 bridgehead atoms. The maximum atomic E-state index is 12.0. The highest BCUT2D eigenvalue weighted by molar-refractivity contribution is 7.79. The van der Waals surface area contributed by atoms with Gasteiger partial charge in [-0.15, -0.1) is 0 Å². The van der Waals surface area contributed by atoms with Crippen LogP contribution < -0.4 is 0 Å². The van der Waals surface area contributed by atoms with Crippen molar-refractivity contribution in [2.45, 2.75) is 25.7 Å². The van der Waals surface area contributed by atoms with E-state index in [9.17, 15) is 4.39 Å². The maximum Gasteiger partial charge on any atom is 0.342 e. The zero-order valence-corrected chi connectivity index (χ0v) is 9.43. The quantitative estimate of drug-likeness (QED) is 0.416. The first-order valence-electron chi connectivity index (χ1n) is 5.15. The van der Waals surface area contributed by atoms with E-state index in [1.165, 1.54) is 5.56 Å².